The molecule has 7 nitrogen and oxygen atoms in total. The summed E-state index contributed by atoms with van der Waals surface area (Å²) in [6.07, 6.45) is 0. The highest BCUT2D eigenvalue weighted by atomic mass is 32.2. The van der Waals surface area contributed by atoms with Crippen LogP contribution in [0.15, 0.2) is 10.3 Å². The van der Waals surface area contributed by atoms with Crippen LogP contribution in [0.2, 0.25) is 0 Å². The standard InChI is InChI=1S/C10H13NO6S3/c1-7-6-18-8(10(12)13)9(7)20(16,17)11-2-4-19(14,15)5-3-11/h6H,2-5H2,1H3,(H,12,13). The van der Waals surface area contributed by atoms with Crippen LogP contribution in [-0.4, -0.2) is 56.8 Å². The van der Waals surface area contributed by atoms with E-state index in [0.717, 1.165) is 15.6 Å². The van der Waals surface area contributed by atoms with Gasteiger partial charge in [-0.05, 0) is 17.9 Å². The first-order chi connectivity index (χ1) is 9.15. The van der Waals surface area contributed by atoms with E-state index < -0.39 is 25.8 Å². The summed E-state index contributed by atoms with van der Waals surface area (Å²) < 4.78 is 48.7. The van der Waals surface area contributed by atoms with Gasteiger partial charge in [-0.15, -0.1) is 11.3 Å². The molecule has 1 aromatic rings. The average Bonchev–Trinajstić information content (AvgIpc) is 2.71. The smallest absolute Gasteiger partial charge is 0.347 e. The molecule has 0 radical (unpaired) electrons. The van der Waals surface area contributed by atoms with E-state index >= 15 is 0 Å². The Morgan fingerprint density at radius 2 is 1.90 bits per heavy atom. The van der Waals surface area contributed by atoms with Gasteiger partial charge < -0.3 is 5.11 Å². The number of sulfone groups is 1. The number of hydrogen-bond acceptors (Lipinski definition) is 6. The molecule has 0 spiro atoms. The predicted molar refractivity (Wildman–Crippen MR) is 73.4 cm³/mol. The van der Waals surface area contributed by atoms with Gasteiger partial charge >= 0.3 is 5.97 Å². The summed E-state index contributed by atoms with van der Waals surface area (Å²) in [4.78, 5) is 10.6. The molecule has 2 heterocycles. The normalized spacial score (nSPS) is 19.9. The number of rotatable bonds is 3. The zero-order valence-corrected chi connectivity index (χ0v) is 13.0. The maximum Gasteiger partial charge on any atom is 0.347 e. The van der Waals surface area contributed by atoms with Crippen LogP contribution in [0, 0.1) is 6.92 Å². The van der Waals surface area contributed by atoms with Gasteiger partial charge in [-0.1, -0.05) is 0 Å². The van der Waals surface area contributed by atoms with Crippen molar-refractivity contribution in [3.63, 3.8) is 0 Å². The lowest BCUT2D eigenvalue weighted by molar-refractivity contribution is 0.0698. The lowest BCUT2D eigenvalue weighted by Crippen LogP contribution is -2.44. The highest BCUT2D eigenvalue weighted by Crippen LogP contribution is 2.30. The van der Waals surface area contributed by atoms with Crippen LogP contribution in [0.25, 0.3) is 0 Å². The third-order valence-electron chi connectivity index (χ3n) is 3.01. The van der Waals surface area contributed by atoms with E-state index in [4.69, 9.17) is 5.11 Å². The van der Waals surface area contributed by atoms with Crippen LogP contribution in [0.5, 0.6) is 0 Å². The van der Waals surface area contributed by atoms with Crippen molar-refractivity contribution in [2.45, 2.75) is 11.8 Å². The van der Waals surface area contributed by atoms with Gasteiger partial charge in [0.1, 0.15) is 9.77 Å². The Labute approximate surface area is 120 Å². The predicted octanol–water partition coefficient (Wildman–Crippen LogP) is 0.174. The van der Waals surface area contributed by atoms with Crippen LogP contribution >= 0.6 is 11.3 Å². The molecule has 0 saturated carbocycles. The molecule has 1 aromatic heterocycles. The van der Waals surface area contributed by atoms with Crippen molar-refractivity contribution < 1.29 is 26.7 Å². The lowest BCUT2D eigenvalue weighted by atomic mass is 10.3. The number of carboxylic acid groups (broad SMARTS) is 1. The molecule has 1 N–H and O–H groups in total. The lowest BCUT2D eigenvalue weighted by Gasteiger charge is -2.26. The van der Waals surface area contributed by atoms with Gasteiger partial charge in [0.15, 0.2) is 9.84 Å². The van der Waals surface area contributed by atoms with Crippen molar-refractivity contribution >= 4 is 37.2 Å². The minimum Gasteiger partial charge on any atom is -0.477 e. The number of carbonyl (C=O) groups is 1. The molecule has 0 atom stereocenters. The van der Waals surface area contributed by atoms with Gasteiger partial charge in [0.05, 0.1) is 11.5 Å². The number of carboxylic acids is 1. The molecule has 1 saturated heterocycles. The van der Waals surface area contributed by atoms with E-state index in [1.165, 1.54) is 12.3 Å². The van der Waals surface area contributed by atoms with Crippen molar-refractivity contribution in [1.29, 1.82) is 0 Å². The van der Waals surface area contributed by atoms with E-state index in [-0.39, 0.29) is 34.4 Å². The van der Waals surface area contributed by atoms with Crippen molar-refractivity contribution in [1.82, 2.24) is 4.31 Å². The molecule has 2 rings (SSSR count). The number of hydrogen-bond donors (Lipinski definition) is 1. The fraction of sp³-hybridized carbons (Fsp3) is 0.500. The van der Waals surface area contributed by atoms with E-state index in [0.29, 0.717) is 5.56 Å². The molecular formula is C10H13NO6S3. The second kappa shape index (κ2) is 5.10. The highest BCUT2D eigenvalue weighted by Gasteiger charge is 2.35. The van der Waals surface area contributed by atoms with Crippen LogP contribution < -0.4 is 0 Å². The second-order valence-corrected chi connectivity index (χ2v) is 9.50. The maximum absolute atomic E-state index is 12.5. The maximum atomic E-state index is 12.5. The van der Waals surface area contributed by atoms with Gasteiger partial charge in [0.25, 0.3) is 0 Å². The molecule has 1 aliphatic heterocycles. The molecule has 112 valence electrons. The number of nitrogens with zero attached hydrogens (tertiary/aromatic N) is 1. The summed E-state index contributed by atoms with van der Waals surface area (Å²) in [6, 6.07) is 0. The number of aromatic carboxylic acids is 1. The zero-order valence-electron chi connectivity index (χ0n) is 10.6. The molecule has 0 aliphatic carbocycles. The summed E-state index contributed by atoms with van der Waals surface area (Å²) in [5, 5.41) is 10.5. The van der Waals surface area contributed by atoms with Gasteiger partial charge in [-0.25, -0.2) is 21.6 Å². The monoisotopic (exact) mass is 339 g/mol. The van der Waals surface area contributed by atoms with Crippen molar-refractivity contribution in [3.05, 3.63) is 15.8 Å². The van der Waals surface area contributed by atoms with Crippen molar-refractivity contribution in [2.75, 3.05) is 24.6 Å². The third kappa shape index (κ3) is 2.73. The fourth-order valence-corrected chi connectivity index (χ4v) is 6.42. The molecular weight excluding hydrogens is 326 g/mol. The van der Waals surface area contributed by atoms with Crippen LogP contribution in [0.4, 0.5) is 0 Å². The first-order valence-electron chi connectivity index (χ1n) is 5.67. The minimum atomic E-state index is -3.98. The van der Waals surface area contributed by atoms with Crippen LogP contribution in [-0.2, 0) is 19.9 Å². The Bertz CT molecular complexity index is 732. The Morgan fingerprint density at radius 3 is 2.40 bits per heavy atom. The van der Waals surface area contributed by atoms with E-state index in [1.807, 2.05) is 0 Å². The minimum absolute atomic E-state index is 0.140. The number of aryl methyl sites for hydroxylation is 1. The molecule has 1 aliphatic rings. The molecule has 0 aromatic carbocycles. The highest BCUT2D eigenvalue weighted by molar-refractivity contribution is 7.92. The summed E-state index contributed by atoms with van der Waals surface area (Å²) in [7, 11) is -7.18. The first kappa shape index (κ1) is 15.4. The van der Waals surface area contributed by atoms with E-state index in [1.54, 1.807) is 0 Å². The average molecular weight is 339 g/mol. The summed E-state index contributed by atoms with van der Waals surface area (Å²) in [5.41, 5.74) is 0.362. The molecule has 0 unspecified atom stereocenters. The van der Waals surface area contributed by atoms with Crippen molar-refractivity contribution in [3.8, 4) is 0 Å². The molecule has 10 heteroatoms. The SMILES string of the molecule is Cc1csc(C(=O)O)c1S(=O)(=O)N1CCS(=O)(=O)CC1. The Balaban J connectivity index is 2.42. The fourth-order valence-electron chi connectivity index (χ4n) is 1.97. The van der Waals surface area contributed by atoms with Gasteiger partial charge in [-0.2, -0.15) is 4.31 Å². The van der Waals surface area contributed by atoms with E-state index in [9.17, 15) is 21.6 Å². The summed E-state index contributed by atoms with van der Waals surface area (Å²) >= 11 is 0.851. The molecule has 0 bridgehead atoms. The van der Waals surface area contributed by atoms with Gasteiger partial charge in [0, 0.05) is 13.1 Å². The Kier molecular flexibility index (Phi) is 3.93. The number of sulfonamides is 1. The quantitative estimate of drug-likeness (QED) is 0.841. The Hall–Kier alpha value is -0.970. The van der Waals surface area contributed by atoms with Crippen molar-refractivity contribution in [2.24, 2.45) is 0 Å². The molecule has 1 fully saturated rings. The molecule has 20 heavy (non-hydrogen) atoms. The largest absolute Gasteiger partial charge is 0.477 e. The topological polar surface area (TPSA) is 109 Å². The first-order valence-corrected chi connectivity index (χ1v) is 9.81. The zero-order chi connectivity index (χ0) is 15.1. The van der Waals surface area contributed by atoms with Crippen LogP contribution in [0.1, 0.15) is 15.2 Å². The van der Waals surface area contributed by atoms with Crippen LogP contribution in [0.3, 0.4) is 0 Å². The Morgan fingerprint density at radius 1 is 1.35 bits per heavy atom. The van der Waals surface area contributed by atoms with Gasteiger partial charge in [-0.3, -0.25) is 0 Å². The summed E-state index contributed by atoms with van der Waals surface area (Å²) in [5.74, 6) is -1.78. The second-order valence-electron chi connectivity index (χ2n) is 4.44. The van der Waals surface area contributed by atoms with Gasteiger partial charge in [0.2, 0.25) is 10.0 Å². The number of thiophene rings is 1. The third-order valence-corrected chi connectivity index (χ3v) is 7.92. The summed E-state index contributed by atoms with van der Waals surface area (Å²) in [6.45, 7) is 1.24. The van der Waals surface area contributed by atoms with E-state index in [2.05, 4.69) is 0 Å². The molecule has 0 amide bonds.